The molecule has 7 nitrogen and oxygen atoms in total. The number of hydrogen-bond acceptors (Lipinski definition) is 5. The van der Waals surface area contributed by atoms with E-state index in [1.165, 1.54) is 6.20 Å². The molecule has 0 atom stereocenters. The van der Waals surface area contributed by atoms with Crippen molar-refractivity contribution < 1.29 is 8.42 Å². The van der Waals surface area contributed by atoms with Crippen LogP contribution in [0.1, 0.15) is 16.8 Å². The Morgan fingerprint density at radius 2 is 2.15 bits per heavy atom. The SMILES string of the molecule is Cc1cc(NS(=O)(=O)c2n[nH]c(C)c2CN)ncc1Br. The summed E-state index contributed by atoms with van der Waals surface area (Å²) in [5.41, 5.74) is 7.52. The van der Waals surface area contributed by atoms with E-state index in [-0.39, 0.29) is 17.4 Å². The van der Waals surface area contributed by atoms with Gasteiger partial charge in [-0.25, -0.2) is 4.98 Å². The third-order valence-corrected chi connectivity index (χ3v) is 4.94. The third kappa shape index (κ3) is 2.84. The number of nitrogens with zero attached hydrogens (tertiary/aromatic N) is 2. The van der Waals surface area contributed by atoms with E-state index in [9.17, 15) is 8.42 Å². The number of sulfonamides is 1. The fourth-order valence-corrected chi connectivity index (χ4v) is 3.10. The number of nitrogens with two attached hydrogens (primary N) is 1. The van der Waals surface area contributed by atoms with Crippen molar-refractivity contribution in [3.8, 4) is 0 Å². The molecule has 108 valence electrons. The average Bonchev–Trinajstić information content (AvgIpc) is 2.75. The Kier molecular flexibility index (Phi) is 4.11. The fourth-order valence-electron chi connectivity index (χ4n) is 1.67. The first-order valence-corrected chi connectivity index (χ1v) is 8.01. The van der Waals surface area contributed by atoms with Crippen LogP contribution in [-0.4, -0.2) is 23.6 Å². The number of halogens is 1. The average molecular weight is 360 g/mol. The zero-order valence-electron chi connectivity index (χ0n) is 10.9. The molecule has 0 fully saturated rings. The highest BCUT2D eigenvalue weighted by molar-refractivity contribution is 9.10. The van der Waals surface area contributed by atoms with E-state index in [4.69, 9.17) is 5.73 Å². The van der Waals surface area contributed by atoms with E-state index in [1.54, 1.807) is 13.0 Å². The number of aromatic amines is 1. The van der Waals surface area contributed by atoms with Gasteiger partial charge in [-0.3, -0.25) is 9.82 Å². The van der Waals surface area contributed by atoms with Crippen LogP contribution in [0.15, 0.2) is 21.8 Å². The smallest absolute Gasteiger partial charge is 0.282 e. The van der Waals surface area contributed by atoms with Gasteiger partial charge in [-0.15, -0.1) is 0 Å². The standard InChI is InChI=1S/C11H14BrN5O2S/c1-6-3-10(14-5-9(6)12)17-20(18,19)11-8(4-13)7(2)15-16-11/h3,5H,4,13H2,1-2H3,(H,14,17)(H,15,16). The summed E-state index contributed by atoms with van der Waals surface area (Å²) in [6.07, 6.45) is 1.53. The second-order valence-electron chi connectivity index (χ2n) is 4.26. The van der Waals surface area contributed by atoms with Gasteiger partial charge >= 0.3 is 0 Å². The monoisotopic (exact) mass is 359 g/mol. The van der Waals surface area contributed by atoms with E-state index in [2.05, 4.69) is 35.8 Å². The summed E-state index contributed by atoms with van der Waals surface area (Å²) in [6.45, 7) is 3.65. The Morgan fingerprint density at radius 1 is 1.45 bits per heavy atom. The molecule has 0 amide bonds. The highest BCUT2D eigenvalue weighted by Crippen LogP contribution is 2.21. The van der Waals surface area contributed by atoms with E-state index in [0.717, 1.165) is 10.0 Å². The molecule has 0 spiro atoms. The molecule has 2 heterocycles. The van der Waals surface area contributed by atoms with Crippen molar-refractivity contribution in [2.24, 2.45) is 5.73 Å². The molecule has 9 heteroatoms. The minimum atomic E-state index is -3.82. The third-order valence-electron chi connectivity index (χ3n) is 2.78. The number of nitrogens with one attached hydrogen (secondary N) is 2. The number of anilines is 1. The first-order valence-electron chi connectivity index (χ1n) is 5.74. The number of pyridine rings is 1. The summed E-state index contributed by atoms with van der Waals surface area (Å²) in [5.74, 6) is 0.231. The van der Waals surface area contributed by atoms with Crippen molar-refractivity contribution >= 4 is 31.8 Å². The van der Waals surface area contributed by atoms with Crippen LogP contribution in [0.4, 0.5) is 5.82 Å². The van der Waals surface area contributed by atoms with Crippen molar-refractivity contribution in [3.63, 3.8) is 0 Å². The summed E-state index contributed by atoms with van der Waals surface area (Å²) in [7, 11) is -3.82. The number of aromatic nitrogens is 3. The first kappa shape index (κ1) is 14.9. The zero-order valence-corrected chi connectivity index (χ0v) is 13.3. The molecule has 0 aliphatic heterocycles. The second-order valence-corrected chi connectivity index (χ2v) is 6.71. The van der Waals surface area contributed by atoms with Gasteiger partial charge in [0.1, 0.15) is 5.82 Å². The largest absolute Gasteiger partial charge is 0.326 e. The maximum absolute atomic E-state index is 12.3. The number of rotatable bonds is 4. The topological polar surface area (TPSA) is 114 Å². The summed E-state index contributed by atoms with van der Waals surface area (Å²) >= 11 is 3.31. The van der Waals surface area contributed by atoms with Crippen LogP contribution in [0, 0.1) is 13.8 Å². The molecule has 2 aromatic heterocycles. The molecule has 0 aliphatic carbocycles. The van der Waals surface area contributed by atoms with Crippen LogP contribution in [0.25, 0.3) is 0 Å². The van der Waals surface area contributed by atoms with Crippen LogP contribution in [-0.2, 0) is 16.6 Å². The number of aryl methyl sites for hydroxylation is 2. The zero-order chi connectivity index (χ0) is 14.9. The molecule has 2 rings (SSSR count). The Balaban J connectivity index is 2.38. The van der Waals surface area contributed by atoms with E-state index < -0.39 is 10.0 Å². The summed E-state index contributed by atoms with van der Waals surface area (Å²) < 4.78 is 27.8. The molecular formula is C11H14BrN5O2S. The molecule has 0 aliphatic rings. The van der Waals surface area contributed by atoms with Gasteiger partial charge in [0.25, 0.3) is 10.0 Å². The molecule has 0 radical (unpaired) electrons. The van der Waals surface area contributed by atoms with Crippen LogP contribution < -0.4 is 10.5 Å². The molecule has 0 saturated heterocycles. The van der Waals surface area contributed by atoms with Gasteiger partial charge in [0, 0.05) is 28.5 Å². The van der Waals surface area contributed by atoms with Gasteiger partial charge in [-0.2, -0.15) is 13.5 Å². The van der Waals surface area contributed by atoms with Crippen LogP contribution in [0.2, 0.25) is 0 Å². The maximum Gasteiger partial charge on any atom is 0.282 e. The van der Waals surface area contributed by atoms with Crippen molar-refractivity contribution in [2.75, 3.05) is 4.72 Å². The molecule has 2 aromatic rings. The van der Waals surface area contributed by atoms with Gasteiger partial charge in [0.05, 0.1) is 0 Å². The highest BCUT2D eigenvalue weighted by atomic mass is 79.9. The molecule has 0 aromatic carbocycles. The van der Waals surface area contributed by atoms with Crippen molar-refractivity contribution in [2.45, 2.75) is 25.4 Å². The van der Waals surface area contributed by atoms with Crippen molar-refractivity contribution in [3.05, 3.63) is 33.6 Å². The lowest BCUT2D eigenvalue weighted by atomic mass is 10.3. The van der Waals surface area contributed by atoms with Gasteiger partial charge in [0.2, 0.25) is 5.03 Å². The molecular weight excluding hydrogens is 346 g/mol. The predicted octanol–water partition coefficient (Wildman–Crippen LogP) is 1.44. The predicted molar refractivity (Wildman–Crippen MR) is 78.7 cm³/mol. The van der Waals surface area contributed by atoms with Crippen LogP contribution in [0.3, 0.4) is 0 Å². The number of H-pyrrole nitrogens is 1. The minimum absolute atomic E-state index is 0.0887. The normalized spacial score (nSPS) is 11.6. The lowest BCUT2D eigenvalue weighted by Crippen LogP contribution is -2.17. The van der Waals surface area contributed by atoms with Crippen LogP contribution >= 0.6 is 15.9 Å². The Bertz CT molecular complexity index is 741. The van der Waals surface area contributed by atoms with E-state index >= 15 is 0 Å². The quantitative estimate of drug-likeness (QED) is 0.764. The molecule has 4 N–H and O–H groups in total. The summed E-state index contributed by atoms with van der Waals surface area (Å²) in [6, 6.07) is 1.63. The molecule has 0 unspecified atom stereocenters. The van der Waals surface area contributed by atoms with Gasteiger partial charge in [-0.05, 0) is 41.4 Å². The van der Waals surface area contributed by atoms with E-state index in [1.807, 2.05) is 6.92 Å². The van der Waals surface area contributed by atoms with E-state index in [0.29, 0.717) is 11.3 Å². The first-order chi connectivity index (χ1) is 9.35. The van der Waals surface area contributed by atoms with Crippen LogP contribution in [0.5, 0.6) is 0 Å². The van der Waals surface area contributed by atoms with Gasteiger partial charge < -0.3 is 5.73 Å². The Labute approximate surface area is 125 Å². The minimum Gasteiger partial charge on any atom is -0.326 e. The molecule has 0 saturated carbocycles. The molecule has 20 heavy (non-hydrogen) atoms. The molecule has 0 bridgehead atoms. The summed E-state index contributed by atoms with van der Waals surface area (Å²) in [4.78, 5) is 4.01. The fraction of sp³-hybridized carbons (Fsp3) is 0.273. The lowest BCUT2D eigenvalue weighted by Gasteiger charge is -2.07. The Hall–Kier alpha value is -1.45. The maximum atomic E-state index is 12.3. The second kappa shape index (κ2) is 5.51. The van der Waals surface area contributed by atoms with Gasteiger partial charge in [0.15, 0.2) is 0 Å². The highest BCUT2D eigenvalue weighted by Gasteiger charge is 2.23. The van der Waals surface area contributed by atoms with Gasteiger partial charge in [-0.1, -0.05) is 0 Å². The van der Waals surface area contributed by atoms with Crippen molar-refractivity contribution in [1.29, 1.82) is 0 Å². The summed E-state index contributed by atoms with van der Waals surface area (Å²) in [5, 5.41) is 6.33. The van der Waals surface area contributed by atoms with Crippen molar-refractivity contribution in [1.82, 2.24) is 15.2 Å². The lowest BCUT2D eigenvalue weighted by molar-refractivity contribution is 0.595. The number of hydrogen-bond donors (Lipinski definition) is 3. The Morgan fingerprint density at radius 3 is 2.75 bits per heavy atom.